The predicted molar refractivity (Wildman–Crippen MR) is 109 cm³/mol. The summed E-state index contributed by atoms with van der Waals surface area (Å²) < 4.78 is 11.3. The smallest absolute Gasteiger partial charge is 0.232 e. The van der Waals surface area contributed by atoms with E-state index in [4.69, 9.17) is 9.47 Å². The van der Waals surface area contributed by atoms with Crippen LogP contribution in [-0.4, -0.2) is 55.1 Å². The summed E-state index contributed by atoms with van der Waals surface area (Å²) in [6, 6.07) is 16.4. The Labute approximate surface area is 166 Å². The van der Waals surface area contributed by atoms with Gasteiger partial charge in [0.2, 0.25) is 5.91 Å². The molecule has 28 heavy (non-hydrogen) atoms. The van der Waals surface area contributed by atoms with Crippen molar-refractivity contribution in [1.29, 1.82) is 0 Å². The van der Waals surface area contributed by atoms with Crippen molar-refractivity contribution in [3.63, 3.8) is 0 Å². The van der Waals surface area contributed by atoms with Crippen LogP contribution in [0.3, 0.4) is 0 Å². The molecule has 1 fully saturated rings. The van der Waals surface area contributed by atoms with Gasteiger partial charge in [-0.15, -0.1) is 0 Å². The number of rotatable bonds is 4. The van der Waals surface area contributed by atoms with Crippen LogP contribution in [-0.2, 0) is 16.8 Å². The molecule has 2 aliphatic heterocycles. The molecule has 0 atom stereocenters. The molecule has 0 N–H and O–H groups in total. The number of hydrogen-bond donors (Lipinski definition) is 0. The van der Waals surface area contributed by atoms with Crippen molar-refractivity contribution < 1.29 is 14.3 Å². The highest BCUT2D eigenvalue weighted by Gasteiger charge is 2.36. The third-order valence-electron chi connectivity index (χ3n) is 5.71. The average molecular weight is 380 g/mol. The van der Waals surface area contributed by atoms with E-state index >= 15 is 0 Å². The van der Waals surface area contributed by atoms with E-state index in [0.717, 1.165) is 49.8 Å². The summed E-state index contributed by atoms with van der Waals surface area (Å²) in [6.07, 6.45) is 0. The van der Waals surface area contributed by atoms with E-state index in [9.17, 15) is 4.79 Å². The second-order valence-electron chi connectivity index (χ2n) is 8.04. The molecule has 0 saturated carbocycles. The van der Waals surface area contributed by atoms with Crippen LogP contribution in [0.5, 0.6) is 11.5 Å². The number of carbonyl (C=O) groups is 1. The van der Waals surface area contributed by atoms with Crippen LogP contribution in [0.1, 0.15) is 25.0 Å². The highest BCUT2D eigenvalue weighted by atomic mass is 16.6. The molecular formula is C23H28N2O3. The summed E-state index contributed by atoms with van der Waals surface area (Å²) in [4.78, 5) is 17.7. The average Bonchev–Trinajstić information content (AvgIpc) is 2.74. The molecule has 0 aliphatic carbocycles. The fourth-order valence-electron chi connectivity index (χ4n) is 3.90. The molecule has 2 aliphatic rings. The molecule has 0 aromatic heterocycles. The first-order valence-corrected chi connectivity index (χ1v) is 10.00. The van der Waals surface area contributed by atoms with Crippen molar-refractivity contribution in [2.45, 2.75) is 25.8 Å². The number of carbonyl (C=O) groups excluding carboxylic acids is 1. The first-order chi connectivity index (χ1) is 13.5. The third kappa shape index (κ3) is 3.85. The van der Waals surface area contributed by atoms with Crippen molar-refractivity contribution in [2.75, 3.05) is 39.4 Å². The lowest BCUT2D eigenvalue weighted by Crippen LogP contribution is -2.52. The highest BCUT2D eigenvalue weighted by molar-refractivity contribution is 5.87. The van der Waals surface area contributed by atoms with Gasteiger partial charge in [-0.2, -0.15) is 0 Å². The Morgan fingerprint density at radius 3 is 2.32 bits per heavy atom. The van der Waals surface area contributed by atoms with Crippen LogP contribution in [0, 0.1) is 0 Å². The predicted octanol–water partition coefficient (Wildman–Crippen LogP) is 3.08. The summed E-state index contributed by atoms with van der Waals surface area (Å²) in [7, 11) is 0. The Hall–Kier alpha value is -2.53. The molecule has 2 heterocycles. The van der Waals surface area contributed by atoms with E-state index in [1.54, 1.807) is 0 Å². The Morgan fingerprint density at radius 2 is 1.61 bits per heavy atom. The van der Waals surface area contributed by atoms with Gasteiger partial charge in [-0.3, -0.25) is 9.69 Å². The van der Waals surface area contributed by atoms with E-state index < -0.39 is 5.41 Å². The van der Waals surface area contributed by atoms with E-state index in [2.05, 4.69) is 29.2 Å². The number of ether oxygens (including phenoxy) is 2. The second kappa shape index (κ2) is 7.84. The number of nitrogens with zero attached hydrogens (tertiary/aromatic N) is 2. The summed E-state index contributed by atoms with van der Waals surface area (Å²) >= 11 is 0. The molecule has 0 bridgehead atoms. The Kier molecular flexibility index (Phi) is 5.27. The van der Waals surface area contributed by atoms with Gasteiger partial charge in [0.05, 0.1) is 5.41 Å². The van der Waals surface area contributed by atoms with Crippen LogP contribution < -0.4 is 9.47 Å². The second-order valence-corrected chi connectivity index (χ2v) is 8.04. The molecule has 148 valence electrons. The lowest BCUT2D eigenvalue weighted by atomic mass is 9.82. The first-order valence-electron chi connectivity index (χ1n) is 10.00. The van der Waals surface area contributed by atoms with Crippen LogP contribution in [0.4, 0.5) is 0 Å². The van der Waals surface area contributed by atoms with Crippen LogP contribution in [0.15, 0.2) is 48.5 Å². The molecule has 5 heteroatoms. The van der Waals surface area contributed by atoms with Crippen LogP contribution in [0.2, 0.25) is 0 Å². The van der Waals surface area contributed by atoms with Crippen LogP contribution >= 0.6 is 0 Å². The van der Waals surface area contributed by atoms with Gasteiger partial charge in [-0.1, -0.05) is 36.4 Å². The molecule has 0 spiro atoms. The topological polar surface area (TPSA) is 42.0 Å². The molecule has 2 aromatic carbocycles. The molecule has 5 nitrogen and oxygen atoms in total. The van der Waals surface area contributed by atoms with Gasteiger partial charge >= 0.3 is 0 Å². The maximum absolute atomic E-state index is 13.3. The number of benzene rings is 2. The highest BCUT2D eigenvalue weighted by Crippen LogP contribution is 2.36. The summed E-state index contributed by atoms with van der Waals surface area (Å²) in [5, 5.41) is 0. The zero-order valence-corrected chi connectivity index (χ0v) is 16.7. The fraction of sp³-hybridized carbons (Fsp3) is 0.435. The largest absolute Gasteiger partial charge is 0.486 e. The Morgan fingerprint density at radius 1 is 0.929 bits per heavy atom. The van der Waals surface area contributed by atoms with Gasteiger partial charge in [-0.25, -0.2) is 0 Å². The van der Waals surface area contributed by atoms with Gasteiger partial charge in [0.15, 0.2) is 11.5 Å². The van der Waals surface area contributed by atoms with Crippen molar-refractivity contribution in [2.24, 2.45) is 0 Å². The minimum Gasteiger partial charge on any atom is -0.486 e. The normalized spacial score (nSPS) is 17.4. The summed E-state index contributed by atoms with van der Waals surface area (Å²) in [6.45, 7) is 9.38. The van der Waals surface area contributed by atoms with Gasteiger partial charge in [0.1, 0.15) is 13.2 Å². The van der Waals surface area contributed by atoms with E-state index in [1.165, 1.54) is 5.56 Å². The molecule has 2 aromatic rings. The molecule has 1 amide bonds. The molecule has 0 radical (unpaired) electrons. The maximum Gasteiger partial charge on any atom is 0.232 e. The molecule has 4 rings (SSSR count). The quantitative estimate of drug-likeness (QED) is 0.818. The minimum absolute atomic E-state index is 0.170. The number of hydrogen-bond acceptors (Lipinski definition) is 4. The third-order valence-corrected chi connectivity index (χ3v) is 5.71. The van der Waals surface area contributed by atoms with E-state index in [1.807, 2.05) is 43.0 Å². The van der Waals surface area contributed by atoms with Crippen molar-refractivity contribution >= 4 is 5.91 Å². The monoisotopic (exact) mass is 380 g/mol. The first kappa shape index (κ1) is 18.8. The van der Waals surface area contributed by atoms with Crippen molar-refractivity contribution in [3.05, 3.63) is 59.7 Å². The standard InChI is InChI=1S/C23H28N2O3/c1-23(2,19-8-9-20-21(16-19)28-15-14-27-20)22(26)25-12-10-24(11-13-25)17-18-6-4-3-5-7-18/h3-9,16H,10-15,17H2,1-2H3. The zero-order valence-electron chi connectivity index (χ0n) is 16.7. The molecular weight excluding hydrogens is 352 g/mol. The summed E-state index contributed by atoms with van der Waals surface area (Å²) in [5.74, 6) is 1.66. The Balaban J connectivity index is 1.40. The molecule has 0 unspecified atom stereocenters. The summed E-state index contributed by atoms with van der Waals surface area (Å²) in [5.41, 5.74) is 1.68. The van der Waals surface area contributed by atoms with Gasteiger partial charge in [0, 0.05) is 32.7 Å². The van der Waals surface area contributed by atoms with Crippen LogP contribution in [0.25, 0.3) is 0 Å². The van der Waals surface area contributed by atoms with Crippen molar-refractivity contribution in [1.82, 2.24) is 9.80 Å². The zero-order chi connectivity index (χ0) is 19.6. The fourth-order valence-corrected chi connectivity index (χ4v) is 3.90. The number of amides is 1. The van der Waals surface area contributed by atoms with Gasteiger partial charge in [0.25, 0.3) is 0 Å². The lowest BCUT2D eigenvalue weighted by molar-refractivity contribution is -0.138. The maximum atomic E-state index is 13.3. The minimum atomic E-state index is -0.600. The Bertz CT molecular complexity index is 827. The van der Waals surface area contributed by atoms with Gasteiger partial charge < -0.3 is 14.4 Å². The number of piperazine rings is 1. The van der Waals surface area contributed by atoms with Gasteiger partial charge in [-0.05, 0) is 37.1 Å². The SMILES string of the molecule is CC(C)(C(=O)N1CCN(Cc2ccccc2)CC1)c1ccc2c(c1)OCCO2. The lowest BCUT2D eigenvalue weighted by Gasteiger charge is -2.39. The van der Waals surface area contributed by atoms with E-state index in [-0.39, 0.29) is 5.91 Å². The number of fused-ring (bicyclic) bond motifs is 1. The van der Waals surface area contributed by atoms with E-state index in [0.29, 0.717) is 13.2 Å². The molecule has 1 saturated heterocycles. The van der Waals surface area contributed by atoms with Crippen molar-refractivity contribution in [3.8, 4) is 11.5 Å².